The van der Waals surface area contributed by atoms with E-state index in [1.165, 1.54) is 4.88 Å². The van der Waals surface area contributed by atoms with Gasteiger partial charge < -0.3 is 14.6 Å². The molecule has 0 amide bonds. The van der Waals surface area contributed by atoms with E-state index in [-0.39, 0.29) is 6.10 Å². The van der Waals surface area contributed by atoms with Gasteiger partial charge in [0.1, 0.15) is 10.6 Å². The van der Waals surface area contributed by atoms with E-state index in [1.54, 1.807) is 17.5 Å². The summed E-state index contributed by atoms with van der Waals surface area (Å²) in [6.45, 7) is 5.33. The predicted molar refractivity (Wildman–Crippen MR) is 140 cm³/mol. The summed E-state index contributed by atoms with van der Waals surface area (Å²) in [5.41, 5.74) is 3.45. The van der Waals surface area contributed by atoms with E-state index >= 15 is 0 Å². The van der Waals surface area contributed by atoms with E-state index in [9.17, 15) is 0 Å². The van der Waals surface area contributed by atoms with Crippen molar-refractivity contribution >= 4 is 27.4 Å². The summed E-state index contributed by atoms with van der Waals surface area (Å²) >= 11 is 1.69. The molecule has 2 aromatic carbocycles. The molecule has 0 aliphatic carbocycles. The monoisotopic (exact) mass is 469 g/mol. The SMILES string of the molecule is CC(C)OCCNc1nc(-c2nccn2C)nc2sc(-c3ccccc3)c(-c3ccccc3)c12. The van der Waals surface area contributed by atoms with Crippen LogP contribution in [-0.4, -0.2) is 38.8 Å². The van der Waals surface area contributed by atoms with Crippen LogP contribution in [0, 0.1) is 0 Å². The minimum atomic E-state index is 0.182. The number of ether oxygens (including phenoxy) is 1. The summed E-state index contributed by atoms with van der Waals surface area (Å²) in [5, 5.41) is 4.56. The highest BCUT2D eigenvalue weighted by Crippen LogP contribution is 2.46. The smallest absolute Gasteiger partial charge is 0.199 e. The van der Waals surface area contributed by atoms with Gasteiger partial charge in [0.05, 0.1) is 18.1 Å². The molecule has 0 unspecified atom stereocenters. The molecule has 0 bridgehead atoms. The summed E-state index contributed by atoms with van der Waals surface area (Å²) in [6, 6.07) is 20.9. The zero-order valence-electron chi connectivity index (χ0n) is 19.5. The molecule has 0 aliphatic rings. The number of aromatic nitrogens is 4. The van der Waals surface area contributed by atoms with Crippen molar-refractivity contribution in [2.75, 3.05) is 18.5 Å². The first-order valence-electron chi connectivity index (χ1n) is 11.4. The second-order valence-electron chi connectivity index (χ2n) is 8.32. The van der Waals surface area contributed by atoms with Crippen LogP contribution in [0.25, 0.3) is 43.4 Å². The fraction of sp³-hybridized carbons (Fsp3) is 0.222. The van der Waals surface area contributed by atoms with E-state index in [1.807, 2.05) is 43.8 Å². The maximum absolute atomic E-state index is 5.77. The molecule has 0 spiro atoms. The molecule has 7 heteroatoms. The van der Waals surface area contributed by atoms with Crippen molar-refractivity contribution in [3.8, 4) is 33.2 Å². The number of nitrogens with one attached hydrogen (secondary N) is 1. The van der Waals surface area contributed by atoms with Crippen LogP contribution >= 0.6 is 11.3 Å². The first-order valence-corrected chi connectivity index (χ1v) is 12.2. The summed E-state index contributed by atoms with van der Waals surface area (Å²) in [5.74, 6) is 2.14. The van der Waals surface area contributed by atoms with Crippen molar-refractivity contribution in [1.29, 1.82) is 0 Å². The van der Waals surface area contributed by atoms with E-state index < -0.39 is 0 Å². The van der Waals surface area contributed by atoms with E-state index in [2.05, 4.69) is 58.8 Å². The average molecular weight is 470 g/mol. The van der Waals surface area contributed by atoms with Crippen LogP contribution in [0.1, 0.15) is 13.8 Å². The second-order valence-corrected chi connectivity index (χ2v) is 9.32. The Kier molecular flexibility index (Phi) is 6.38. The van der Waals surface area contributed by atoms with Crippen LogP contribution in [0.4, 0.5) is 5.82 Å². The van der Waals surface area contributed by atoms with Crippen molar-refractivity contribution in [2.24, 2.45) is 7.05 Å². The number of fused-ring (bicyclic) bond motifs is 1. The molecule has 3 heterocycles. The molecule has 6 nitrogen and oxygen atoms in total. The van der Waals surface area contributed by atoms with Crippen molar-refractivity contribution in [3.05, 3.63) is 73.1 Å². The molecule has 0 radical (unpaired) electrons. The molecular formula is C27H27N5OS. The Hall–Kier alpha value is -3.55. The van der Waals surface area contributed by atoms with Gasteiger partial charge in [-0.2, -0.15) is 0 Å². The summed E-state index contributed by atoms with van der Waals surface area (Å²) in [4.78, 5) is 16.5. The van der Waals surface area contributed by atoms with Crippen molar-refractivity contribution in [2.45, 2.75) is 20.0 Å². The Morgan fingerprint density at radius 2 is 1.68 bits per heavy atom. The summed E-state index contributed by atoms with van der Waals surface area (Å²) in [6.07, 6.45) is 3.86. The van der Waals surface area contributed by atoms with Gasteiger partial charge in [0.25, 0.3) is 0 Å². The number of hydrogen-bond acceptors (Lipinski definition) is 6. The summed E-state index contributed by atoms with van der Waals surface area (Å²) < 4.78 is 7.71. The van der Waals surface area contributed by atoms with Gasteiger partial charge in [-0.25, -0.2) is 15.0 Å². The minimum Gasteiger partial charge on any atom is -0.377 e. The van der Waals surface area contributed by atoms with Gasteiger partial charge in [0, 0.05) is 36.4 Å². The number of nitrogens with zero attached hydrogens (tertiary/aromatic N) is 4. The zero-order chi connectivity index (χ0) is 23.5. The van der Waals surface area contributed by atoms with E-state index in [0.717, 1.165) is 38.5 Å². The third-order valence-electron chi connectivity index (χ3n) is 5.52. The number of rotatable bonds is 8. The highest BCUT2D eigenvalue weighted by molar-refractivity contribution is 7.22. The number of hydrogen-bond donors (Lipinski definition) is 1. The Bertz CT molecular complexity index is 1390. The number of benzene rings is 2. The summed E-state index contributed by atoms with van der Waals surface area (Å²) in [7, 11) is 1.96. The molecule has 0 saturated heterocycles. The predicted octanol–water partition coefficient (Wildman–Crippen LogP) is 6.26. The molecular weight excluding hydrogens is 442 g/mol. The molecule has 5 aromatic rings. The van der Waals surface area contributed by atoms with Crippen LogP contribution in [0.15, 0.2) is 73.1 Å². The highest BCUT2D eigenvalue weighted by Gasteiger charge is 2.22. The number of aryl methyl sites for hydroxylation is 1. The average Bonchev–Trinajstić information content (AvgIpc) is 3.46. The topological polar surface area (TPSA) is 64.9 Å². The molecule has 1 N–H and O–H groups in total. The number of thiophene rings is 1. The fourth-order valence-electron chi connectivity index (χ4n) is 3.95. The molecule has 34 heavy (non-hydrogen) atoms. The van der Waals surface area contributed by atoms with Crippen molar-refractivity contribution < 1.29 is 4.74 Å². The second kappa shape index (κ2) is 9.75. The standard InChI is InChI=1S/C27H27N5OS/c1-18(2)33-17-15-28-24-22-21(19-10-6-4-7-11-19)23(20-12-8-5-9-13-20)34-27(22)31-25(30-24)26-29-14-16-32(26)3/h4-14,16,18H,15,17H2,1-3H3,(H,28,30,31). The van der Waals surface area contributed by atoms with E-state index in [0.29, 0.717) is 19.0 Å². The minimum absolute atomic E-state index is 0.182. The highest BCUT2D eigenvalue weighted by atomic mass is 32.1. The van der Waals surface area contributed by atoms with Crippen LogP contribution in [0.5, 0.6) is 0 Å². The number of imidazole rings is 1. The normalized spacial score (nSPS) is 11.4. The first-order chi connectivity index (χ1) is 16.6. The zero-order valence-corrected chi connectivity index (χ0v) is 20.3. The van der Waals surface area contributed by atoms with Gasteiger partial charge in [0.2, 0.25) is 0 Å². The Labute approximate surface area is 203 Å². The first kappa shape index (κ1) is 22.3. The molecule has 0 atom stereocenters. The molecule has 3 aromatic heterocycles. The van der Waals surface area contributed by atoms with E-state index in [4.69, 9.17) is 14.7 Å². The van der Waals surface area contributed by atoms with Gasteiger partial charge in [-0.15, -0.1) is 11.3 Å². The molecule has 0 aliphatic heterocycles. The molecule has 0 fully saturated rings. The maximum atomic E-state index is 5.77. The lowest BCUT2D eigenvalue weighted by molar-refractivity contribution is 0.0870. The van der Waals surface area contributed by atoms with Gasteiger partial charge in [-0.1, -0.05) is 60.7 Å². The Balaban J connectivity index is 1.73. The van der Waals surface area contributed by atoms with Crippen LogP contribution in [0.2, 0.25) is 0 Å². The van der Waals surface area contributed by atoms with Gasteiger partial charge in [-0.05, 0) is 25.0 Å². The van der Waals surface area contributed by atoms with Crippen molar-refractivity contribution in [3.63, 3.8) is 0 Å². The van der Waals surface area contributed by atoms with Crippen LogP contribution in [-0.2, 0) is 11.8 Å². The van der Waals surface area contributed by atoms with Crippen LogP contribution in [0.3, 0.4) is 0 Å². The lowest BCUT2D eigenvalue weighted by Gasteiger charge is -2.13. The quantitative estimate of drug-likeness (QED) is 0.272. The van der Waals surface area contributed by atoms with Gasteiger partial charge in [0.15, 0.2) is 11.6 Å². The van der Waals surface area contributed by atoms with Crippen molar-refractivity contribution in [1.82, 2.24) is 19.5 Å². The maximum Gasteiger partial charge on any atom is 0.199 e. The Morgan fingerprint density at radius 3 is 2.32 bits per heavy atom. The third-order valence-corrected chi connectivity index (χ3v) is 6.65. The largest absolute Gasteiger partial charge is 0.377 e. The van der Waals surface area contributed by atoms with Crippen LogP contribution < -0.4 is 5.32 Å². The number of anilines is 1. The fourth-order valence-corrected chi connectivity index (χ4v) is 5.15. The van der Waals surface area contributed by atoms with Gasteiger partial charge in [-0.3, -0.25) is 0 Å². The van der Waals surface area contributed by atoms with Gasteiger partial charge >= 0.3 is 0 Å². The third kappa shape index (κ3) is 4.44. The molecule has 5 rings (SSSR count). The molecule has 172 valence electrons. The molecule has 0 saturated carbocycles. The lowest BCUT2D eigenvalue weighted by atomic mass is 9.99. The lowest BCUT2D eigenvalue weighted by Crippen LogP contribution is -2.14. The Morgan fingerprint density at radius 1 is 0.971 bits per heavy atom.